The number of rotatable bonds is 7. The van der Waals surface area contributed by atoms with Crippen LogP contribution in [-0.4, -0.2) is 35.5 Å². The Kier molecular flexibility index (Phi) is 5.44. The normalized spacial score (nSPS) is 14.9. The fourth-order valence-electron chi connectivity index (χ4n) is 3.54. The summed E-state index contributed by atoms with van der Waals surface area (Å²) in [6, 6.07) is 22.1. The largest absolute Gasteiger partial charge is 0.355 e. The highest BCUT2D eigenvalue weighted by molar-refractivity contribution is 5.84. The van der Waals surface area contributed by atoms with Crippen molar-refractivity contribution in [2.45, 2.75) is 12.8 Å². The Morgan fingerprint density at radius 3 is 2.39 bits per heavy atom. The number of hydrogen-bond donors (Lipinski definition) is 2. The van der Waals surface area contributed by atoms with E-state index in [0.29, 0.717) is 26.1 Å². The van der Waals surface area contributed by atoms with Gasteiger partial charge in [0.1, 0.15) is 5.82 Å². The molecule has 0 radical (unpaired) electrons. The minimum absolute atomic E-state index is 0.106. The maximum atomic E-state index is 12.8. The Labute approximate surface area is 165 Å². The maximum absolute atomic E-state index is 12.8. The van der Waals surface area contributed by atoms with Gasteiger partial charge in [0.25, 0.3) is 0 Å². The van der Waals surface area contributed by atoms with Gasteiger partial charge in [0, 0.05) is 37.8 Å². The number of benzene rings is 2. The SMILES string of the molecule is O=C(NCCc1nccc(-c2ccccc2)n1)C1(Cc2ccccc2)CNC1. The molecule has 4 rings (SSSR count). The Bertz CT molecular complexity index is 924. The van der Waals surface area contributed by atoms with Gasteiger partial charge in [-0.05, 0) is 18.1 Å². The van der Waals surface area contributed by atoms with Crippen molar-refractivity contribution in [3.05, 3.63) is 84.3 Å². The molecular formula is C23H24N4O. The Morgan fingerprint density at radius 1 is 1.00 bits per heavy atom. The zero-order valence-corrected chi connectivity index (χ0v) is 15.8. The second-order valence-corrected chi connectivity index (χ2v) is 7.28. The van der Waals surface area contributed by atoms with E-state index in [4.69, 9.17) is 0 Å². The second-order valence-electron chi connectivity index (χ2n) is 7.28. The molecule has 1 aromatic heterocycles. The van der Waals surface area contributed by atoms with Crippen molar-refractivity contribution in [2.24, 2.45) is 5.41 Å². The van der Waals surface area contributed by atoms with Crippen LogP contribution in [0.5, 0.6) is 0 Å². The molecule has 0 bridgehead atoms. The summed E-state index contributed by atoms with van der Waals surface area (Å²) >= 11 is 0. The van der Waals surface area contributed by atoms with Crippen LogP contribution in [0.15, 0.2) is 72.9 Å². The van der Waals surface area contributed by atoms with Crippen LogP contribution < -0.4 is 10.6 Å². The lowest BCUT2D eigenvalue weighted by atomic mass is 9.75. The van der Waals surface area contributed by atoms with E-state index in [-0.39, 0.29) is 11.3 Å². The van der Waals surface area contributed by atoms with Crippen LogP contribution in [0.1, 0.15) is 11.4 Å². The highest BCUT2D eigenvalue weighted by Gasteiger charge is 2.43. The molecule has 0 atom stereocenters. The summed E-state index contributed by atoms with van der Waals surface area (Å²) in [5.74, 6) is 0.847. The summed E-state index contributed by atoms with van der Waals surface area (Å²) in [6.45, 7) is 1.97. The highest BCUT2D eigenvalue weighted by Crippen LogP contribution is 2.28. The zero-order valence-electron chi connectivity index (χ0n) is 15.8. The van der Waals surface area contributed by atoms with E-state index in [2.05, 4.69) is 32.7 Å². The quantitative estimate of drug-likeness (QED) is 0.669. The van der Waals surface area contributed by atoms with Crippen LogP contribution in [0.2, 0.25) is 0 Å². The van der Waals surface area contributed by atoms with Crippen molar-refractivity contribution in [1.82, 2.24) is 20.6 Å². The lowest BCUT2D eigenvalue weighted by Crippen LogP contribution is -2.62. The number of nitrogens with one attached hydrogen (secondary N) is 2. The van der Waals surface area contributed by atoms with E-state index in [1.165, 1.54) is 5.56 Å². The molecule has 142 valence electrons. The fraction of sp³-hybridized carbons (Fsp3) is 0.261. The molecule has 5 nitrogen and oxygen atoms in total. The minimum atomic E-state index is -0.353. The summed E-state index contributed by atoms with van der Waals surface area (Å²) in [5.41, 5.74) is 2.81. The molecule has 0 saturated carbocycles. The molecular weight excluding hydrogens is 348 g/mol. The number of amides is 1. The number of aromatic nitrogens is 2. The summed E-state index contributed by atoms with van der Waals surface area (Å²) < 4.78 is 0. The first-order valence-corrected chi connectivity index (χ1v) is 9.65. The molecule has 1 amide bonds. The summed E-state index contributed by atoms with van der Waals surface area (Å²) in [6.07, 6.45) is 3.15. The van der Waals surface area contributed by atoms with Crippen molar-refractivity contribution in [1.29, 1.82) is 0 Å². The highest BCUT2D eigenvalue weighted by atomic mass is 16.2. The molecule has 2 heterocycles. The smallest absolute Gasteiger partial charge is 0.229 e. The molecule has 0 unspecified atom stereocenters. The Balaban J connectivity index is 1.35. The van der Waals surface area contributed by atoms with Crippen LogP contribution in [0, 0.1) is 5.41 Å². The molecule has 1 aliphatic rings. The lowest BCUT2D eigenvalue weighted by molar-refractivity contribution is -0.133. The molecule has 2 N–H and O–H groups in total. The number of hydrogen-bond acceptors (Lipinski definition) is 4. The number of carbonyl (C=O) groups is 1. The van der Waals surface area contributed by atoms with Crippen molar-refractivity contribution in [2.75, 3.05) is 19.6 Å². The van der Waals surface area contributed by atoms with E-state index < -0.39 is 0 Å². The third-order valence-corrected chi connectivity index (χ3v) is 5.20. The van der Waals surface area contributed by atoms with E-state index in [9.17, 15) is 4.79 Å². The predicted molar refractivity (Wildman–Crippen MR) is 110 cm³/mol. The van der Waals surface area contributed by atoms with E-state index >= 15 is 0 Å². The average molecular weight is 372 g/mol. The average Bonchev–Trinajstić information content (AvgIpc) is 2.72. The molecule has 5 heteroatoms. The van der Waals surface area contributed by atoms with Gasteiger partial charge in [0.2, 0.25) is 5.91 Å². The van der Waals surface area contributed by atoms with Gasteiger partial charge in [-0.15, -0.1) is 0 Å². The van der Waals surface area contributed by atoms with Gasteiger partial charge in [-0.1, -0.05) is 60.7 Å². The Morgan fingerprint density at radius 2 is 1.71 bits per heavy atom. The van der Waals surface area contributed by atoms with Gasteiger partial charge in [0.05, 0.1) is 11.1 Å². The van der Waals surface area contributed by atoms with E-state index in [1.54, 1.807) is 6.20 Å². The molecule has 0 aliphatic carbocycles. The van der Waals surface area contributed by atoms with Crippen LogP contribution in [0.25, 0.3) is 11.3 Å². The molecule has 2 aromatic carbocycles. The van der Waals surface area contributed by atoms with Gasteiger partial charge in [0.15, 0.2) is 0 Å². The third-order valence-electron chi connectivity index (χ3n) is 5.20. The van der Waals surface area contributed by atoms with Crippen molar-refractivity contribution in [3.63, 3.8) is 0 Å². The summed E-state index contributed by atoms with van der Waals surface area (Å²) in [5, 5.41) is 6.35. The first-order chi connectivity index (χ1) is 13.8. The zero-order chi connectivity index (χ0) is 19.2. The topological polar surface area (TPSA) is 66.9 Å². The molecule has 28 heavy (non-hydrogen) atoms. The van der Waals surface area contributed by atoms with Gasteiger partial charge in [-0.3, -0.25) is 4.79 Å². The van der Waals surface area contributed by atoms with Gasteiger partial charge in [-0.25, -0.2) is 9.97 Å². The fourth-order valence-corrected chi connectivity index (χ4v) is 3.54. The number of nitrogens with zero attached hydrogens (tertiary/aromatic N) is 2. The van der Waals surface area contributed by atoms with Crippen molar-refractivity contribution < 1.29 is 4.79 Å². The molecule has 3 aromatic rings. The van der Waals surface area contributed by atoms with Crippen molar-refractivity contribution >= 4 is 5.91 Å². The first-order valence-electron chi connectivity index (χ1n) is 9.65. The summed E-state index contributed by atoms with van der Waals surface area (Å²) in [4.78, 5) is 21.8. The van der Waals surface area contributed by atoms with E-state index in [1.807, 2.05) is 54.6 Å². The summed E-state index contributed by atoms with van der Waals surface area (Å²) in [7, 11) is 0. The molecule has 1 saturated heterocycles. The molecule has 1 aliphatic heterocycles. The van der Waals surface area contributed by atoms with Gasteiger partial charge < -0.3 is 10.6 Å². The van der Waals surface area contributed by atoms with Crippen molar-refractivity contribution in [3.8, 4) is 11.3 Å². The lowest BCUT2D eigenvalue weighted by Gasteiger charge is -2.41. The monoisotopic (exact) mass is 372 g/mol. The van der Waals surface area contributed by atoms with Crippen LogP contribution in [0.4, 0.5) is 0 Å². The second kappa shape index (κ2) is 8.31. The van der Waals surface area contributed by atoms with Crippen LogP contribution in [-0.2, 0) is 17.6 Å². The minimum Gasteiger partial charge on any atom is -0.355 e. The first kappa shape index (κ1) is 18.3. The van der Waals surface area contributed by atoms with Gasteiger partial charge in [-0.2, -0.15) is 0 Å². The predicted octanol–water partition coefficient (Wildman–Crippen LogP) is 2.63. The van der Waals surface area contributed by atoms with Crippen LogP contribution in [0.3, 0.4) is 0 Å². The standard InChI is InChI=1S/C23H24N4O/c28-22(23(16-24-17-23)15-18-7-3-1-4-8-18)26-14-12-21-25-13-11-20(27-21)19-9-5-2-6-10-19/h1-11,13,24H,12,14-17H2,(H,26,28). The van der Waals surface area contributed by atoms with Gasteiger partial charge >= 0.3 is 0 Å². The Hall–Kier alpha value is -3.05. The third kappa shape index (κ3) is 4.10. The van der Waals surface area contributed by atoms with Crippen LogP contribution >= 0.6 is 0 Å². The number of carbonyl (C=O) groups excluding carboxylic acids is 1. The van der Waals surface area contributed by atoms with E-state index in [0.717, 1.165) is 23.5 Å². The molecule has 0 spiro atoms. The maximum Gasteiger partial charge on any atom is 0.229 e. The molecule has 1 fully saturated rings.